The second-order valence-corrected chi connectivity index (χ2v) is 2.91. The number of carbonyl (C=O) groups excluding carboxylic acids is 1. The van der Waals surface area contributed by atoms with Crippen LogP contribution in [0.5, 0.6) is 0 Å². The van der Waals surface area contributed by atoms with Crippen LogP contribution < -0.4 is 5.32 Å². The summed E-state index contributed by atoms with van der Waals surface area (Å²) in [6.45, 7) is 1.70. The second-order valence-electron chi connectivity index (χ2n) is 2.91. The standard InChI is InChI=1S/C11H12N2O2/c1-9(15)12-6-2-3-10-4-5-11(8-14)13-7-10/h4-5,7,14H,6,8H2,1H3,(H,12,15). The number of nitrogens with one attached hydrogen (secondary N) is 1. The molecule has 1 amide bonds. The molecule has 0 spiro atoms. The molecule has 4 nitrogen and oxygen atoms in total. The van der Waals surface area contributed by atoms with Gasteiger partial charge in [-0.3, -0.25) is 9.78 Å². The van der Waals surface area contributed by atoms with E-state index in [0.717, 1.165) is 5.56 Å². The van der Waals surface area contributed by atoms with Gasteiger partial charge in [0, 0.05) is 18.7 Å². The molecule has 2 N–H and O–H groups in total. The summed E-state index contributed by atoms with van der Waals surface area (Å²) in [6, 6.07) is 3.49. The molecular weight excluding hydrogens is 192 g/mol. The van der Waals surface area contributed by atoms with Gasteiger partial charge in [0.15, 0.2) is 0 Å². The van der Waals surface area contributed by atoms with E-state index < -0.39 is 0 Å². The largest absolute Gasteiger partial charge is 0.390 e. The Kier molecular flexibility index (Phi) is 4.32. The van der Waals surface area contributed by atoms with Gasteiger partial charge < -0.3 is 10.4 Å². The third-order valence-corrected chi connectivity index (χ3v) is 1.65. The van der Waals surface area contributed by atoms with Crippen LogP contribution in [-0.4, -0.2) is 22.5 Å². The number of aromatic nitrogens is 1. The number of carbonyl (C=O) groups is 1. The van der Waals surface area contributed by atoms with Crippen LogP contribution in [0.3, 0.4) is 0 Å². The van der Waals surface area contributed by atoms with E-state index in [1.807, 2.05) is 0 Å². The van der Waals surface area contributed by atoms with E-state index in [4.69, 9.17) is 5.11 Å². The van der Waals surface area contributed by atoms with Crippen LogP contribution in [-0.2, 0) is 11.4 Å². The third-order valence-electron chi connectivity index (χ3n) is 1.65. The van der Waals surface area contributed by atoms with E-state index in [0.29, 0.717) is 12.2 Å². The predicted molar refractivity (Wildman–Crippen MR) is 55.7 cm³/mol. The summed E-state index contributed by atoms with van der Waals surface area (Å²) >= 11 is 0. The van der Waals surface area contributed by atoms with Gasteiger partial charge in [-0.05, 0) is 12.1 Å². The molecule has 0 fully saturated rings. The number of amides is 1. The van der Waals surface area contributed by atoms with Gasteiger partial charge in [-0.1, -0.05) is 11.8 Å². The van der Waals surface area contributed by atoms with E-state index in [1.165, 1.54) is 6.92 Å². The number of hydrogen-bond acceptors (Lipinski definition) is 3. The van der Waals surface area contributed by atoms with Crippen molar-refractivity contribution in [3.63, 3.8) is 0 Å². The SMILES string of the molecule is CC(=O)NCC#Cc1ccc(CO)nc1. The highest BCUT2D eigenvalue weighted by Crippen LogP contribution is 1.97. The number of nitrogens with zero attached hydrogens (tertiary/aromatic N) is 1. The Labute approximate surface area is 88.3 Å². The summed E-state index contributed by atoms with van der Waals surface area (Å²) in [7, 11) is 0. The van der Waals surface area contributed by atoms with Gasteiger partial charge in [-0.15, -0.1) is 0 Å². The van der Waals surface area contributed by atoms with E-state index in [1.54, 1.807) is 18.3 Å². The first-order valence-corrected chi connectivity index (χ1v) is 4.51. The molecule has 1 aromatic rings. The van der Waals surface area contributed by atoms with E-state index >= 15 is 0 Å². The number of rotatable bonds is 2. The summed E-state index contributed by atoms with van der Waals surface area (Å²) in [4.78, 5) is 14.5. The number of pyridine rings is 1. The van der Waals surface area contributed by atoms with Crippen LogP contribution >= 0.6 is 0 Å². The minimum Gasteiger partial charge on any atom is -0.390 e. The molecule has 1 heterocycles. The fourth-order valence-electron chi connectivity index (χ4n) is 0.907. The Balaban J connectivity index is 2.52. The Morgan fingerprint density at radius 1 is 1.60 bits per heavy atom. The van der Waals surface area contributed by atoms with Crippen LogP contribution in [0.4, 0.5) is 0 Å². The summed E-state index contributed by atoms with van der Waals surface area (Å²) in [5.74, 6) is 5.53. The van der Waals surface area contributed by atoms with Gasteiger partial charge in [0.05, 0.1) is 18.8 Å². The smallest absolute Gasteiger partial charge is 0.217 e. The topological polar surface area (TPSA) is 62.2 Å². The molecule has 78 valence electrons. The lowest BCUT2D eigenvalue weighted by molar-refractivity contribution is -0.118. The van der Waals surface area contributed by atoms with Gasteiger partial charge >= 0.3 is 0 Å². The highest BCUT2D eigenvalue weighted by atomic mass is 16.3. The van der Waals surface area contributed by atoms with Crippen molar-refractivity contribution >= 4 is 5.91 Å². The van der Waals surface area contributed by atoms with Crippen molar-refractivity contribution in [3.8, 4) is 11.8 Å². The maximum Gasteiger partial charge on any atom is 0.217 e. The van der Waals surface area contributed by atoms with Gasteiger partial charge in [-0.25, -0.2) is 0 Å². The second kappa shape index (κ2) is 5.78. The molecule has 0 saturated carbocycles. The number of hydrogen-bond donors (Lipinski definition) is 2. The fraction of sp³-hybridized carbons (Fsp3) is 0.273. The molecule has 0 atom stereocenters. The lowest BCUT2D eigenvalue weighted by Crippen LogP contribution is -2.19. The van der Waals surface area contributed by atoms with Crippen LogP contribution in [0.1, 0.15) is 18.2 Å². The Morgan fingerprint density at radius 3 is 2.93 bits per heavy atom. The molecule has 0 aliphatic heterocycles. The predicted octanol–water partition coefficient (Wildman–Crippen LogP) is 0.0615. The Bertz CT molecular complexity index is 387. The zero-order valence-corrected chi connectivity index (χ0v) is 8.45. The van der Waals surface area contributed by atoms with Crippen LogP contribution in [0.25, 0.3) is 0 Å². The minimum atomic E-state index is -0.0990. The average molecular weight is 204 g/mol. The van der Waals surface area contributed by atoms with E-state index in [9.17, 15) is 4.79 Å². The first kappa shape index (κ1) is 11.2. The van der Waals surface area contributed by atoms with Gasteiger partial charge in [0.25, 0.3) is 0 Å². The highest BCUT2D eigenvalue weighted by molar-refractivity contribution is 5.73. The van der Waals surface area contributed by atoms with Crippen molar-refractivity contribution in [1.29, 1.82) is 0 Å². The molecule has 0 unspecified atom stereocenters. The van der Waals surface area contributed by atoms with Gasteiger partial charge in [0.2, 0.25) is 5.91 Å². The third kappa shape index (κ3) is 4.25. The first-order valence-electron chi connectivity index (χ1n) is 4.51. The van der Waals surface area contributed by atoms with Crippen LogP contribution in [0.15, 0.2) is 18.3 Å². The first-order chi connectivity index (χ1) is 7.22. The van der Waals surface area contributed by atoms with Crippen molar-refractivity contribution in [2.24, 2.45) is 0 Å². The maximum absolute atomic E-state index is 10.5. The van der Waals surface area contributed by atoms with Crippen molar-refractivity contribution in [3.05, 3.63) is 29.6 Å². The molecule has 15 heavy (non-hydrogen) atoms. The Morgan fingerprint density at radius 2 is 2.40 bits per heavy atom. The summed E-state index contributed by atoms with van der Waals surface area (Å²) in [5, 5.41) is 11.3. The van der Waals surface area contributed by atoms with Crippen LogP contribution in [0, 0.1) is 11.8 Å². The molecule has 0 bridgehead atoms. The fourth-order valence-corrected chi connectivity index (χ4v) is 0.907. The van der Waals surface area contributed by atoms with Crippen molar-refractivity contribution in [2.75, 3.05) is 6.54 Å². The molecule has 1 rings (SSSR count). The highest BCUT2D eigenvalue weighted by Gasteiger charge is 1.90. The molecule has 0 aliphatic carbocycles. The molecule has 0 saturated heterocycles. The zero-order chi connectivity index (χ0) is 11.1. The van der Waals surface area contributed by atoms with Gasteiger partial charge in [-0.2, -0.15) is 0 Å². The van der Waals surface area contributed by atoms with Crippen molar-refractivity contribution in [1.82, 2.24) is 10.3 Å². The summed E-state index contributed by atoms with van der Waals surface area (Å²) in [6.07, 6.45) is 1.59. The number of aliphatic hydroxyl groups excluding tert-OH is 1. The lowest BCUT2D eigenvalue weighted by Gasteiger charge is -1.94. The molecule has 0 radical (unpaired) electrons. The maximum atomic E-state index is 10.5. The van der Waals surface area contributed by atoms with E-state index in [-0.39, 0.29) is 12.5 Å². The monoisotopic (exact) mass is 204 g/mol. The molecule has 1 aromatic heterocycles. The minimum absolute atomic E-state index is 0.0698. The van der Waals surface area contributed by atoms with Gasteiger partial charge in [0.1, 0.15) is 0 Å². The quantitative estimate of drug-likeness (QED) is 0.670. The zero-order valence-electron chi connectivity index (χ0n) is 8.45. The van der Waals surface area contributed by atoms with E-state index in [2.05, 4.69) is 22.1 Å². The molecule has 4 heteroatoms. The van der Waals surface area contributed by atoms with Crippen molar-refractivity contribution in [2.45, 2.75) is 13.5 Å². The summed E-state index contributed by atoms with van der Waals surface area (Å²) in [5.41, 5.74) is 1.37. The van der Waals surface area contributed by atoms with Crippen LogP contribution in [0.2, 0.25) is 0 Å². The lowest BCUT2D eigenvalue weighted by atomic mass is 10.2. The van der Waals surface area contributed by atoms with Crippen molar-refractivity contribution < 1.29 is 9.90 Å². The average Bonchev–Trinajstić information content (AvgIpc) is 2.25. The molecule has 0 aromatic carbocycles. The molecule has 0 aliphatic rings. The molecular formula is C11H12N2O2. The number of aliphatic hydroxyl groups is 1. The Hall–Kier alpha value is -1.86. The summed E-state index contributed by atoms with van der Waals surface area (Å²) < 4.78 is 0. The normalized spacial score (nSPS) is 8.93.